The van der Waals surface area contributed by atoms with Gasteiger partial charge in [-0.3, -0.25) is 36.0 Å². The first-order chi connectivity index (χ1) is 37.1. The van der Waals surface area contributed by atoms with Crippen LogP contribution in [0.4, 0.5) is 23.0 Å². The number of fused-ring (bicyclic) bond motifs is 2. The van der Waals surface area contributed by atoms with Crippen molar-refractivity contribution in [1.29, 1.82) is 0 Å². The van der Waals surface area contributed by atoms with Gasteiger partial charge in [0.05, 0.1) is 52.6 Å². The molecule has 4 unspecified atom stereocenters. The Balaban J connectivity index is 0. The smallest absolute Gasteiger partial charge is 0.790 e. The summed E-state index contributed by atoms with van der Waals surface area (Å²) in [7, 11) is -36.8. The van der Waals surface area contributed by atoms with Gasteiger partial charge in [-0.05, 0) is 24.3 Å². The van der Waals surface area contributed by atoms with Crippen molar-refractivity contribution in [3.63, 3.8) is 0 Å². The number of imidazole rings is 2. The van der Waals surface area contributed by atoms with Crippen LogP contribution >= 0.6 is 46.9 Å². The number of para-hydroxylation sites is 2. The number of ether oxygens (including phenoxy) is 4. The minimum atomic E-state index is -6.24. The van der Waals surface area contributed by atoms with E-state index in [1.165, 1.54) is 51.6 Å². The standard InChI is InChI=1S/2C17H21N6O14P3.8Na/c18-9-4-2-1-3-8(9)17(25)35-13-10(5-33-39(29,30)37-40(31,32)36-38(26,27)28)34-16(12(13)24)23-7-22-11-14(19)20-6-21-15(11)23;18-9-4-2-1-3-8(9)17(25)35-13-12(24)10(5-33-39(29,30)37-40(31,32)36-38(26,27)28)34-16(13)23-7-22-11-14(19)20-6-21-15(11)23;;;;;;;;/h2*1-4,6-7,10,12-13,16,24H,5,18H2,(H,29,30)(H,31,32)(H2,19,20,21)(H2,26,27,28);;;;;;;;/q;;8*+1/p-8/t2*10-,12-,13-,16-;;;;;;;;/m11......../s1. The number of phosphoric ester groups is 2. The predicted octanol–water partition coefficient (Wildman–Crippen LogP) is -29.4. The van der Waals surface area contributed by atoms with Crippen LogP contribution in [-0.2, 0) is 72.6 Å². The van der Waals surface area contributed by atoms with Gasteiger partial charge in [0.2, 0.25) is 0 Å². The van der Waals surface area contributed by atoms with Crippen molar-refractivity contribution in [1.82, 2.24) is 39.0 Å². The second-order valence-corrected chi connectivity index (χ2v) is 24.3. The number of nitrogens with zero attached hydrogens (tertiary/aromatic N) is 8. The quantitative estimate of drug-likeness (QED) is 0.0179. The van der Waals surface area contributed by atoms with Crippen molar-refractivity contribution in [3.05, 3.63) is 85.0 Å². The topological polar surface area (TPSA) is 645 Å². The zero-order valence-corrected chi connectivity index (χ0v) is 68.4. The third kappa shape index (κ3) is 25.6. The van der Waals surface area contributed by atoms with Crippen molar-refractivity contribution in [2.75, 3.05) is 36.1 Å². The second kappa shape index (κ2) is 38.6. The first kappa shape index (κ1) is 92.4. The van der Waals surface area contributed by atoms with Crippen molar-refractivity contribution in [2.45, 2.75) is 49.1 Å². The molecule has 2 aliphatic heterocycles. The zero-order valence-electron chi connectivity index (χ0n) is 47.0. The molecule has 2 aliphatic rings. The average molecular weight is 1430 g/mol. The van der Waals surface area contributed by atoms with Crippen molar-refractivity contribution in [2.24, 2.45) is 0 Å². The number of carbonyl (C=O) groups is 2. The van der Waals surface area contributed by atoms with Crippen LogP contribution in [0.25, 0.3) is 22.3 Å². The molecule has 436 valence electrons. The van der Waals surface area contributed by atoms with E-state index in [1.54, 1.807) is 6.07 Å². The van der Waals surface area contributed by atoms with Gasteiger partial charge >= 0.3 is 248 Å². The van der Waals surface area contributed by atoms with Crippen LogP contribution in [0.3, 0.4) is 0 Å². The molecule has 10 N–H and O–H groups in total. The van der Waals surface area contributed by atoms with Crippen molar-refractivity contribution >= 4 is 104 Å². The van der Waals surface area contributed by atoms with Crippen molar-refractivity contribution in [3.8, 4) is 0 Å². The van der Waals surface area contributed by atoms with Crippen molar-refractivity contribution < 1.29 is 368 Å². The van der Waals surface area contributed by atoms with Crippen LogP contribution < -0.4 is 299 Å². The fourth-order valence-corrected chi connectivity index (χ4v) is 12.9. The molecule has 12 atom stereocenters. The van der Waals surface area contributed by atoms with E-state index >= 15 is 0 Å². The Morgan fingerprint density at radius 3 is 1.25 bits per heavy atom. The van der Waals surface area contributed by atoms with Crippen LogP contribution in [0.2, 0.25) is 0 Å². The maximum Gasteiger partial charge on any atom is 1.00 e. The zero-order chi connectivity index (χ0) is 58.9. The van der Waals surface area contributed by atoms with Gasteiger partial charge in [-0.25, -0.2) is 48.1 Å². The van der Waals surface area contributed by atoms with Gasteiger partial charge in [0, 0.05) is 11.4 Å². The number of aliphatic hydroxyl groups excluding tert-OH is 2. The van der Waals surface area contributed by atoms with Gasteiger partial charge in [-0.15, -0.1) is 0 Å². The van der Waals surface area contributed by atoms with E-state index in [1.807, 2.05) is 0 Å². The van der Waals surface area contributed by atoms with Gasteiger partial charge < -0.3 is 109 Å². The minimum absolute atomic E-state index is 0. The molecule has 54 heteroatoms. The molecule has 0 bridgehead atoms. The van der Waals surface area contributed by atoms with E-state index in [0.717, 1.165) is 25.3 Å². The van der Waals surface area contributed by atoms with Gasteiger partial charge in [0.15, 0.2) is 47.6 Å². The monoisotopic (exact) mass is 1430 g/mol. The van der Waals surface area contributed by atoms with E-state index in [4.69, 9.17) is 41.9 Å². The molecule has 4 aromatic heterocycles. The SMILES string of the molecule is Nc1ccccc1C(=O)O[C@@H]1[C@H](O)[C@@H](COP(=O)([O-])OP(=O)([O-])OP(=O)([O-])[O-])O[C@H]1n1cnc2c(N)ncnc21.Nc1ccccc1C(=O)O[C@H]1[C@@H](O)[C@H](n2cnc3c(N)ncnc32)O[C@@H]1COP(=O)([O-])OP(=O)([O-])OP(=O)([O-])[O-].[Na+].[Na+].[Na+].[Na+].[Na+].[Na+].[Na+].[Na+]. The average Bonchev–Trinajstić information content (AvgIpc) is 1.95. The number of anilines is 4. The summed E-state index contributed by atoms with van der Waals surface area (Å²) in [4.78, 5) is 138. The first-order valence-corrected chi connectivity index (χ1v) is 30.0. The normalized spacial score (nSPS) is 22.2. The largest absolute Gasteiger partial charge is 1.00 e. The van der Waals surface area contributed by atoms with E-state index in [9.17, 15) is 86.3 Å². The molecule has 2 aromatic carbocycles. The summed E-state index contributed by atoms with van der Waals surface area (Å²) >= 11 is 0. The number of carbonyl (C=O) groups excluding carboxylic acids is 2. The molecule has 2 fully saturated rings. The molecule has 2 saturated heterocycles. The van der Waals surface area contributed by atoms with Gasteiger partial charge in [-0.2, -0.15) is 0 Å². The Labute approximate surface area is 671 Å². The predicted molar refractivity (Wildman–Crippen MR) is 241 cm³/mol. The molecule has 0 aliphatic carbocycles. The maximum absolute atomic E-state index is 12.9. The van der Waals surface area contributed by atoms with Crippen LogP contribution in [-0.4, -0.2) is 111 Å². The molecule has 40 nitrogen and oxygen atoms in total. The molecular formula is C34H34N12Na8O28P6. The molecule has 0 amide bonds. The molecule has 8 rings (SSSR count). The molecule has 0 spiro atoms. The van der Waals surface area contributed by atoms with Crippen LogP contribution in [0.15, 0.2) is 73.8 Å². The number of hydrogen-bond donors (Lipinski definition) is 6. The van der Waals surface area contributed by atoms with Gasteiger partial charge in [0.25, 0.3) is 31.3 Å². The van der Waals surface area contributed by atoms with E-state index in [0.29, 0.717) is 0 Å². The maximum atomic E-state index is 12.9. The van der Waals surface area contributed by atoms with Crippen LogP contribution in [0.5, 0.6) is 0 Å². The number of benzene rings is 2. The number of nitrogen functional groups attached to an aromatic ring is 4. The summed E-state index contributed by atoms with van der Waals surface area (Å²) < 4.78 is 114. The Bertz CT molecular complexity index is 3620. The Morgan fingerprint density at radius 2 is 0.852 bits per heavy atom. The fraction of sp³-hybridized carbons (Fsp3) is 0.294. The summed E-state index contributed by atoms with van der Waals surface area (Å²) in [6.07, 6.45) is -8.58. The molecule has 0 saturated carbocycles. The number of nitrogens with two attached hydrogens (primary N) is 4. The molecule has 88 heavy (non-hydrogen) atoms. The van der Waals surface area contributed by atoms with E-state index in [2.05, 4.69) is 56.2 Å². The number of aliphatic hydroxyl groups is 2. The number of hydrogen-bond acceptors (Lipinski definition) is 38. The summed E-state index contributed by atoms with van der Waals surface area (Å²) in [6.45, 7) is -2.32. The molecular weight excluding hydrogens is 1390 g/mol. The van der Waals surface area contributed by atoms with Crippen LogP contribution in [0, 0.1) is 0 Å². The first-order valence-electron chi connectivity index (χ1n) is 21.2. The summed E-state index contributed by atoms with van der Waals surface area (Å²) in [5.74, 6) is -2.10. The third-order valence-corrected chi connectivity index (χ3v) is 17.7. The van der Waals surface area contributed by atoms with Crippen LogP contribution in [0.1, 0.15) is 33.2 Å². The number of rotatable bonds is 20. The molecule has 6 heterocycles. The Morgan fingerprint density at radius 1 is 0.489 bits per heavy atom. The van der Waals surface area contributed by atoms with Gasteiger partial charge in [-0.1, -0.05) is 24.3 Å². The molecule has 6 aromatic rings. The fourth-order valence-electron chi connectivity index (χ4n) is 7.18. The Hall–Kier alpha value is 2.34. The summed E-state index contributed by atoms with van der Waals surface area (Å²) in [5.41, 5.74) is 23.3. The van der Waals surface area contributed by atoms with E-state index < -0.39 is 121 Å². The number of phosphoric acid groups is 6. The third-order valence-electron chi connectivity index (χ3n) is 10.4. The Kier molecular flexibility index (Phi) is 40.6. The molecule has 0 radical (unpaired) electrons. The second-order valence-electron chi connectivity index (χ2n) is 15.8. The number of aromatic nitrogens is 8. The van der Waals surface area contributed by atoms with Gasteiger partial charge in [0.1, 0.15) is 48.1 Å². The summed E-state index contributed by atoms with van der Waals surface area (Å²) in [5, 5.41) is 21.9. The van der Waals surface area contributed by atoms with E-state index in [-0.39, 0.29) is 293 Å². The minimum Gasteiger partial charge on any atom is -0.790 e. The summed E-state index contributed by atoms with van der Waals surface area (Å²) in [6, 6.07) is 11.5. The number of esters is 2.